The third-order valence-corrected chi connectivity index (χ3v) is 4.35. The molecule has 0 aliphatic carbocycles. The van der Waals surface area contributed by atoms with Crippen molar-refractivity contribution in [3.63, 3.8) is 0 Å². The van der Waals surface area contributed by atoms with Gasteiger partial charge in [0.1, 0.15) is 16.5 Å². The van der Waals surface area contributed by atoms with Crippen LogP contribution in [0.2, 0.25) is 0 Å². The van der Waals surface area contributed by atoms with Crippen LogP contribution in [0.15, 0.2) is 27.5 Å². The number of fused-ring (bicyclic) bond motifs is 1. The Balaban J connectivity index is 2.35. The zero-order valence-electron chi connectivity index (χ0n) is 12.3. The second-order valence-electron chi connectivity index (χ2n) is 4.51. The lowest BCUT2D eigenvalue weighted by Gasteiger charge is -2.28. The number of ether oxygens (including phenoxy) is 2. The molecular formula is C13H18FN3O4S. The number of rotatable bonds is 6. The van der Waals surface area contributed by atoms with Crippen molar-refractivity contribution >= 4 is 21.5 Å². The standard InChI is InChI=1S/C13H18FN3O4S/c1-3-20-13(21-4-2)8-12-16-22(18,19)11-7-9(14)5-6-10(11)17(12)15/h5-7,13H,3-4,8,15H2,1-2H3. The van der Waals surface area contributed by atoms with Crippen molar-refractivity contribution in [3.05, 3.63) is 24.0 Å². The van der Waals surface area contributed by atoms with Gasteiger partial charge in [0, 0.05) is 13.2 Å². The maximum absolute atomic E-state index is 13.3. The van der Waals surface area contributed by atoms with Gasteiger partial charge in [-0.1, -0.05) is 0 Å². The summed E-state index contributed by atoms with van der Waals surface area (Å²) in [5.41, 5.74) is 0.165. The number of amidine groups is 1. The van der Waals surface area contributed by atoms with Gasteiger partial charge >= 0.3 is 0 Å². The van der Waals surface area contributed by atoms with Crippen molar-refractivity contribution in [2.45, 2.75) is 31.5 Å². The van der Waals surface area contributed by atoms with E-state index >= 15 is 0 Å². The first-order valence-corrected chi connectivity index (χ1v) is 8.24. The molecule has 0 fully saturated rings. The molecule has 2 rings (SSSR count). The van der Waals surface area contributed by atoms with E-state index in [1.165, 1.54) is 6.07 Å². The summed E-state index contributed by atoms with van der Waals surface area (Å²) in [5.74, 6) is 5.31. The minimum absolute atomic E-state index is 0.0637. The summed E-state index contributed by atoms with van der Waals surface area (Å²) < 4.78 is 52.0. The number of nitrogens with zero attached hydrogens (tertiary/aromatic N) is 2. The number of halogens is 1. The zero-order chi connectivity index (χ0) is 16.3. The Morgan fingerprint density at radius 1 is 1.32 bits per heavy atom. The maximum Gasteiger partial charge on any atom is 0.286 e. The van der Waals surface area contributed by atoms with E-state index in [1.807, 2.05) is 0 Å². The molecule has 22 heavy (non-hydrogen) atoms. The predicted molar refractivity (Wildman–Crippen MR) is 79.3 cm³/mol. The number of nitrogens with two attached hydrogens (primary N) is 1. The molecule has 0 amide bonds. The van der Waals surface area contributed by atoms with Gasteiger partial charge in [0.15, 0.2) is 6.29 Å². The highest BCUT2D eigenvalue weighted by Crippen LogP contribution is 2.31. The van der Waals surface area contributed by atoms with Crippen LogP contribution in [-0.4, -0.2) is 33.8 Å². The Hall–Kier alpha value is -1.55. The maximum atomic E-state index is 13.3. The van der Waals surface area contributed by atoms with E-state index < -0.39 is 22.1 Å². The van der Waals surface area contributed by atoms with Crippen LogP contribution in [-0.2, 0) is 19.5 Å². The fourth-order valence-corrected chi connectivity index (χ4v) is 3.32. The number of hydrogen-bond donors (Lipinski definition) is 1. The molecule has 1 heterocycles. The Morgan fingerprint density at radius 3 is 2.55 bits per heavy atom. The van der Waals surface area contributed by atoms with Gasteiger partial charge in [0.2, 0.25) is 0 Å². The lowest BCUT2D eigenvalue weighted by Crippen LogP contribution is -2.43. The molecule has 0 spiro atoms. The molecule has 2 N–H and O–H groups in total. The number of sulfonamides is 1. The smallest absolute Gasteiger partial charge is 0.286 e. The first-order valence-electron chi connectivity index (χ1n) is 6.80. The highest BCUT2D eigenvalue weighted by Gasteiger charge is 2.31. The molecule has 1 aromatic rings. The Labute approximate surface area is 128 Å². The summed E-state index contributed by atoms with van der Waals surface area (Å²) >= 11 is 0. The molecule has 0 radical (unpaired) electrons. The van der Waals surface area contributed by atoms with Crippen LogP contribution >= 0.6 is 0 Å². The van der Waals surface area contributed by atoms with Gasteiger partial charge in [-0.3, -0.25) is 5.01 Å². The molecule has 1 aliphatic heterocycles. The van der Waals surface area contributed by atoms with Gasteiger partial charge in [0.05, 0.1) is 12.1 Å². The molecule has 0 aromatic heterocycles. The van der Waals surface area contributed by atoms with Crippen molar-refractivity contribution in [1.29, 1.82) is 0 Å². The summed E-state index contributed by atoms with van der Waals surface area (Å²) in [6.07, 6.45) is -0.592. The summed E-state index contributed by atoms with van der Waals surface area (Å²) in [7, 11) is -4.01. The molecule has 9 heteroatoms. The predicted octanol–water partition coefficient (Wildman–Crippen LogP) is 1.40. The number of hydrazine groups is 1. The van der Waals surface area contributed by atoms with Crippen LogP contribution in [0.3, 0.4) is 0 Å². The lowest BCUT2D eigenvalue weighted by atomic mass is 10.2. The SMILES string of the molecule is CCOC(CC1=NS(=O)(=O)c2cc(F)ccc2N1N)OCC. The van der Waals surface area contributed by atoms with E-state index in [4.69, 9.17) is 15.3 Å². The Morgan fingerprint density at radius 2 is 1.95 bits per heavy atom. The molecule has 0 unspecified atom stereocenters. The first-order chi connectivity index (χ1) is 10.4. The first kappa shape index (κ1) is 16.8. The number of anilines is 1. The van der Waals surface area contributed by atoms with Crippen LogP contribution in [0.1, 0.15) is 20.3 Å². The van der Waals surface area contributed by atoms with Gasteiger partial charge < -0.3 is 9.47 Å². The second kappa shape index (κ2) is 6.69. The summed E-state index contributed by atoms with van der Waals surface area (Å²) in [6, 6.07) is 3.33. The van der Waals surface area contributed by atoms with E-state index in [0.717, 1.165) is 17.1 Å². The lowest BCUT2D eigenvalue weighted by molar-refractivity contribution is -0.130. The molecule has 0 atom stereocenters. The monoisotopic (exact) mass is 331 g/mol. The molecule has 1 aromatic carbocycles. The quantitative estimate of drug-likeness (QED) is 0.625. The minimum atomic E-state index is -4.01. The van der Waals surface area contributed by atoms with E-state index in [-0.39, 0.29) is 22.8 Å². The van der Waals surface area contributed by atoms with Crippen LogP contribution in [0.4, 0.5) is 10.1 Å². The fraction of sp³-hybridized carbons (Fsp3) is 0.462. The molecule has 7 nitrogen and oxygen atoms in total. The van der Waals surface area contributed by atoms with Crippen molar-refractivity contribution < 1.29 is 22.3 Å². The Kier molecular flexibility index (Phi) is 5.12. The van der Waals surface area contributed by atoms with Gasteiger partial charge in [-0.15, -0.1) is 4.40 Å². The second-order valence-corrected chi connectivity index (χ2v) is 6.08. The summed E-state index contributed by atoms with van der Waals surface area (Å²) in [4.78, 5) is -0.261. The van der Waals surface area contributed by atoms with E-state index in [2.05, 4.69) is 4.40 Å². The average molecular weight is 331 g/mol. The molecule has 1 aliphatic rings. The fourth-order valence-electron chi connectivity index (χ4n) is 2.09. The third-order valence-electron chi connectivity index (χ3n) is 3.02. The van der Waals surface area contributed by atoms with Crippen molar-refractivity contribution in [2.75, 3.05) is 18.2 Å². The van der Waals surface area contributed by atoms with Gasteiger partial charge in [-0.25, -0.2) is 10.2 Å². The summed E-state index contributed by atoms with van der Waals surface area (Å²) in [5, 5.41) is 1.11. The highest BCUT2D eigenvalue weighted by atomic mass is 32.2. The van der Waals surface area contributed by atoms with E-state index in [1.54, 1.807) is 13.8 Å². The minimum Gasteiger partial charge on any atom is -0.352 e. The molecular weight excluding hydrogens is 313 g/mol. The van der Waals surface area contributed by atoms with E-state index in [0.29, 0.717) is 13.2 Å². The van der Waals surface area contributed by atoms with Crippen LogP contribution in [0.5, 0.6) is 0 Å². The van der Waals surface area contributed by atoms with Crippen molar-refractivity contribution in [3.8, 4) is 0 Å². The van der Waals surface area contributed by atoms with Gasteiger partial charge in [-0.05, 0) is 32.0 Å². The average Bonchev–Trinajstić information content (AvgIpc) is 2.45. The normalized spacial score (nSPS) is 16.6. The molecule has 0 saturated carbocycles. The van der Waals surface area contributed by atoms with Crippen molar-refractivity contribution in [1.82, 2.24) is 0 Å². The zero-order valence-corrected chi connectivity index (χ0v) is 13.1. The molecule has 0 saturated heterocycles. The third kappa shape index (κ3) is 3.43. The van der Waals surface area contributed by atoms with Crippen LogP contribution in [0.25, 0.3) is 0 Å². The molecule has 0 bridgehead atoms. The topological polar surface area (TPSA) is 94.2 Å². The highest BCUT2D eigenvalue weighted by molar-refractivity contribution is 7.90. The van der Waals surface area contributed by atoms with Crippen molar-refractivity contribution in [2.24, 2.45) is 10.2 Å². The number of benzene rings is 1. The van der Waals surface area contributed by atoms with Gasteiger partial charge in [0.25, 0.3) is 10.0 Å². The number of hydrogen-bond acceptors (Lipinski definition) is 6. The van der Waals surface area contributed by atoms with Crippen LogP contribution < -0.4 is 10.9 Å². The van der Waals surface area contributed by atoms with E-state index in [9.17, 15) is 12.8 Å². The van der Waals surface area contributed by atoms with Gasteiger partial charge in [-0.2, -0.15) is 8.42 Å². The summed E-state index contributed by atoms with van der Waals surface area (Å²) in [6.45, 7) is 4.39. The molecule has 122 valence electrons. The Bertz CT molecular complexity index is 672. The largest absolute Gasteiger partial charge is 0.352 e. The van der Waals surface area contributed by atoms with Crippen LogP contribution in [0, 0.1) is 5.82 Å².